The van der Waals surface area contributed by atoms with Gasteiger partial charge >= 0.3 is 6.03 Å². The molecule has 0 saturated heterocycles. The number of hydrogen-bond donors (Lipinski definition) is 2. The first-order valence-electron chi connectivity index (χ1n) is 7.83. The Morgan fingerprint density at radius 2 is 2.20 bits per heavy atom. The highest BCUT2D eigenvalue weighted by atomic mass is 19.1. The Labute approximate surface area is 143 Å². The van der Waals surface area contributed by atoms with Crippen LogP contribution in [-0.2, 0) is 6.54 Å². The zero-order chi connectivity index (χ0) is 17.8. The van der Waals surface area contributed by atoms with Crippen molar-refractivity contribution in [3.05, 3.63) is 60.0 Å². The van der Waals surface area contributed by atoms with Crippen LogP contribution in [0.1, 0.15) is 31.2 Å². The maximum atomic E-state index is 13.5. The summed E-state index contributed by atoms with van der Waals surface area (Å²) < 4.78 is 20.2. The molecular weight excluding hydrogens is 325 g/mol. The molecule has 0 saturated carbocycles. The zero-order valence-corrected chi connectivity index (χ0v) is 13.9. The maximum Gasteiger partial charge on any atom is 0.319 e. The topological polar surface area (TPSA) is 85.0 Å². The van der Waals surface area contributed by atoms with Crippen LogP contribution in [-0.4, -0.2) is 21.0 Å². The van der Waals surface area contributed by atoms with Crippen molar-refractivity contribution in [2.75, 3.05) is 5.32 Å². The third-order valence-corrected chi connectivity index (χ3v) is 3.55. The Morgan fingerprint density at radius 3 is 2.88 bits per heavy atom. The zero-order valence-electron chi connectivity index (χ0n) is 13.9. The van der Waals surface area contributed by atoms with Crippen molar-refractivity contribution in [3.8, 4) is 5.69 Å². The molecule has 7 nitrogen and oxygen atoms in total. The second-order valence-electron chi connectivity index (χ2n) is 5.79. The van der Waals surface area contributed by atoms with E-state index in [0.29, 0.717) is 17.1 Å². The fraction of sp³-hybridized carbons (Fsp3) is 0.235. The number of anilines is 1. The number of halogens is 1. The van der Waals surface area contributed by atoms with E-state index in [9.17, 15) is 9.18 Å². The van der Waals surface area contributed by atoms with E-state index < -0.39 is 11.8 Å². The molecule has 25 heavy (non-hydrogen) atoms. The average molecular weight is 343 g/mol. The highest BCUT2D eigenvalue weighted by Gasteiger charge is 2.12. The molecule has 130 valence electrons. The summed E-state index contributed by atoms with van der Waals surface area (Å²) in [6.07, 6.45) is 3.31. The smallest absolute Gasteiger partial charge is 0.319 e. The number of amides is 2. The number of nitrogens with one attached hydrogen (secondary N) is 2. The van der Waals surface area contributed by atoms with Gasteiger partial charge in [-0.15, -0.1) is 0 Å². The van der Waals surface area contributed by atoms with E-state index in [4.69, 9.17) is 4.52 Å². The molecule has 0 unspecified atom stereocenters. The van der Waals surface area contributed by atoms with Gasteiger partial charge in [0.1, 0.15) is 5.82 Å². The highest BCUT2D eigenvalue weighted by Crippen LogP contribution is 2.21. The van der Waals surface area contributed by atoms with E-state index in [-0.39, 0.29) is 12.5 Å². The first-order chi connectivity index (χ1) is 12.0. The monoisotopic (exact) mass is 343 g/mol. The van der Waals surface area contributed by atoms with E-state index >= 15 is 0 Å². The van der Waals surface area contributed by atoms with Crippen LogP contribution < -0.4 is 10.6 Å². The van der Waals surface area contributed by atoms with Gasteiger partial charge in [-0.3, -0.25) is 0 Å². The minimum absolute atomic E-state index is 0.179. The number of benzene rings is 1. The van der Waals surface area contributed by atoms with Gasteiger partial charge in [0.25, 0.3) is 0 Å². The average Bonchev–Trinajstić information content (AvgIpc) is 3.25. The van der Waals surface area contributed by atoms with E-state index in [1.807, 2.05) is 13.8 Å². The summed E-state index contributed by atoms with van der Waals surface area (Å²) in [5.41, 5.74) is 1.69. The highest BCUT2D eigenvalue weighted by molar-refractivity contribution is 5.91. The van der Waals surface area contributed by atoms with Crippen LogP contribution in [0.15, 0.2) is 47.2 Å². The van der Waals surface area contributed by atoms with Gasteiger partial charge < -0.3 is 15.2 Å². The van der Waals surface area contributed by atoms with Crippen LogP contribution in [0.25, 0.3) is 5.69 Å². The number of hydrogen-bond acceptors (Lipinski definition) is 4. The quantitative estimate of drug-likeness (QED) is 0.743. The fourth-order valence-electron chi connectivity index (χ4n) is 2.24. The molecule has 2 N–H and O–H groups in total. The standard InChI is InChI=1S/C17H18FN5O2/c1-11(2)14-9-13(25-22-14)10-19-17(24)21-15-8-12(18)4-5-16(15)23-7-3-6-20-23/h3-9,11H,10H2,1-2H3,(H2,19,21,24). The van der Waals surface area contributed by atoms with Crippen molar-refractivity contribution in [1.82, 2.24) is 20.3 Å². The lowest BCUT2D eigenvalue weighted by molar-refractivity contribution is 0.250. The van der Waals surface area contributed by atoms with Crippen LogP contribution in [0.2, 0.25) is 0 Å². The SMILES string of the molecule is CC(C)c1cc(CNC(=O)Nc2cc(F)ccc2-n2cccn2)on1. The Kier molecular flexibility index (Phi) is 4.78. The molecule has 0 radical (unpaired) electrons. The number of carbonyl (C=O) groups excluding carboxylic acids is 1. The van der Waals surface area contributed by atoms with Crippen molar-refractivity contribution >= 4 is 11.7 Å². The largest absolute Gasteiger partial charge is 0.359 e. The summed E-state index contributed by atoms with van der Waals surface area (Å²) >= 11 is 0. The molecule has 3 rings (SSSR count). The molecule has 0 atom stereocenters. The first kappa shape index (κ1) is 16.7. The maximum absolute atomic E-state index is 13.5. The molecule has 0 aliphatic rings. The molecule has 2 aromatic heterocycles. The van der Waals surface area contributed by atoms with Crippen molar-refractivity contribution in [1.29, 1.82) is 0 Å². The summed E-state index contributed by atoms with van der Waals surface area (Å²) in [6.45, 7) is 4.18. The van der Waals surface area contributed by atoms with Crippen LogP contribution >= 0.6 is 0 Å². The molecule has 3 aromatic rings. The van der Waals surface area contributed by atoms with Gasteiger partial charge in [0, 0.05) is 18.5 Å². The van der Waals surface area contributed by atoms with Gasteiger partial charge in [0.15, 0.2) is 5.76 Å². The number of nitrogens with zero attached hydrogens (tertiary/aromatic N) is 3. The van der Waals surface area contributed by atoms with Crippen molar-refractivity contribution in [2.45, 2.75) is 26.3 Å². The predicted molar refractivity (Wildman–Crippen MR) is 90.0 cm³/mol. The van der Waals surface area contributed by atoms with E-state index in [1.165, 1.54) is 12.1 Å². The van der Waals surface area contributed by atoms with E-state index in [0.717, 1.165) is 5.69 Å². The van der Waals surface area contributed by atoms with E-state index in [2.05, 4.69) is 20.9 Å². The van der Waals surface area contributed by atoms with E-state index in [1.54, 1.807) is 35.3 Å². The lowest BCUT2D eigenvalue weighted by Gasteiger charge is -2.11. The molecule has 8 heteroatoms. The molecule has 0 fully saturated rings. The molecule has 0 bridgehead atoms. The van der Waals surface area contributed by atoms with Gasteiger partial charge in [-0.2, -0.15) is 5.10 Å². The minimum atomic E-state index is -0.485. The minimum Gasteiger partial charge on any atom is -0.359 e. The lowest BCUT2D eigenvalue weighted by atomic mass is 10.1. The second kappa shape index (κ2) is 7.16. The van der Waals surface area contributed by atoms with Crippen LogP contribution in [0, 0.1) is 5.82 Å². The fourth-order valence-corrected chi connectivity index (χ4v) is 2.24. The molecule has 0 spiro atoms. The van der Waals surface area contributed by atoms with Gasteiger partial charge in [0.2, 0.25) is 0 Å². The van der Waals surface area contributed by atoms with Crippen LogP contribution in [0.4, 0.5) is 14.9 Å². The number of aromatic nitrogens is 3. The first-order valence-corrected chi connectivity index (χ1v) is 7.83. The number of carbonyl (C=O) groups is 1. The normalized spacial score (nSPS) is 10.9. The molecular formula is C17H18FN5O2. The lowest BCUT2D eigenvalue weighted by Crippen LogP contribution is -2.28. The third kappa shape index (κ3) is 4.03. The van der Waals surface area contributed by atoms with Gasteiger partial charge in [-0.1, -0.05) is 19.0 Å². The van der Waals surface area contributed by atoms with Gasteiger partial charge in [0.05, 0.1) is 23.6 Å². The Bertz CT molecular complexity index is 858. The summed E-state index contributed by atoms with van der Waals surface area (Å²) in [5, 5.41) is 13.3. The summed E-state index contributed by atoms with van der Waals surface area (Å²) in [5.74, 6) is 0.337. The number of rotatable bonds is 5. The van der Waals surface area contributed by atoms with Crippen LogP contribution in [0.5, 0.6) is 0 Å². The molecule has 2 heterocycles. The number of urea groups is 1. The summed E-state index contributed by atoms with van der Waals surface area (Å²) in [7, 11) is 0. The Morgan fingerprint density at radius 1 is 1.36 bits per heavy atom. The summed E-state index contributed by atoms with van der Waals surface area (Å²) in [4.78, 5) is 12.1. The third-order valence-electron chi connectivity index (χ3n) is 3.55. The van der Waals surface area contributed by atoms with Crippen molar-refractivity contribution < 1.29 is 13.7 Å². The van der Waals surface area contributed by atoms with Crippen molar-refractivity contribution in [2.24, 2.45) is 0 Å². The molecule has 0 aliphatic carbocycles. The van der Waals surface area contributed by atoms with Gasteiger partial charge in [-0.05, 0) is 30.2 Å². The molecule has 1 aromatic carbocycles. The van der Waals surface area contributed by atoms with Crippen LogP contribution in [0.3, 0.4) is 0 Å². The van der Waals surface area contributed by atoms with Crippen molar-refractivity contribution in [3.63, 3.8) is 0 Å². The second-order valence-corrected chi connectivity index (χ2v) is 5.79. The Hall–Kier alpha value is -3.16. The summed E-state index contributed by atoms with van der Waals surface area (Å²) in [6, 6.07) is 7.14. The predicted octanol–water partition coefficient (Wildman–Crippen LogP) is 3.44. The Balaban J connectivity index is 1.67. The molecule has 0 aliphatic heterocycles. The molecule has 2 amide bonds. The van der Waals surface area contributed by atoms with Gasteiger partial charge in [-0.25, -0.2) is 13.9 Å².